The third-order valence-corrected chi connectivity index (χ3v) is 6.47. The molecule has 0 fully saturated rings. The summed E-state index contributed by atoms with van der Waals surface area (Å²) in [6.07, 6.45) is -0.560. The summed E-state index contributed by atoms with van der Waals surface area (Å²) in [5.74, 6) is -0.610. The molecule has 0 radical (unpaired) electrons. The molecule has 0 amide bonds. The SMILES string of the molecule is CC(C)N(C)S(=O)(=O)c1cccc(C(=O)O[C@@H](C)c2ccccc2Cl)c1. The van der Waals surface area contributed by atoms with Crippen LogP contribution < -0.4 is 0 Å². The molecule has 0 heterocycles. The third kappa shape index (κ3) is 4.44. The Hall–Kier alpha value is -1.89. The van der Waals surface area contributed by atoms with Gasteiger partial charge < -0.3 is 4.74 Å². The number of benzene rings is 2. The van der Waals surface area contributed by atoms with Crippen LogP contribution in [0.15, 0.2) is 53.4 Å². The van der Waals surface area contributed by atoms with Crippen molar-refractivity contribution in [1.82, 2.24) is 4.31 Å². The molecule has 0 aromatic heterocycles. The van der Waals surface area contributed by atoms with Gasteiger partial charge >= 0.3 is 5.97 Å². The largest absolute Gasteiger partial charge is 0.454 e. The normalized spacial score (nSPS) is 13.0. The summed E-state index contributed by atoms with van der Waals surface area (Å²) in [6, 6.07) is 12.7. The average Bonchev–Trinajstić information content (AvgIpc) is 2.61. The van der Waals surface area contributed by atoms with E-state index in [1.807, 2.05) is 0 Å². The maximum absolute atomic E-state index is 12.6. The number of sulfonamides is 1. The number of carbonyl (C=O) groups is 1. The van der Waals surface area contributed by atoms with Crippen LogP contribution in [0, 0.1) is 0 Å². The van der Waals surface area contributed by atoms with Crippen LogP contribution in [0.5, 0.6) is 0 Å². The van der Waals surface area contributed by atoms with Crippen molar-refractivity contribution in [3.63, 3.8) is 0 Å². The van der Waals surface area contributed by atoms with E-state index in [0.717, 1.165) is 0 Å². The van der Waals surface area contributed by atoms with Crippen molar-refractivity contribution < 1.29 is 17.9 Å². The van der Waals surface area contributed by atoms with Crippen LogP contribution in [0.3, 0.4) is 0 Å². The van der Waals surface area contributed by atoms with Gasteiger partial charge in [0.05, 0.1) is 10.5 Å². The molecule has 1 atom stereocenters. The van der Waals surface area contributed by atoms with Crippen LogP contribution in [-0.4, -0.2) is 31.8 Å². The van der Waals surface area contributed by atoms with Gasteiger partial charge in [-0.2, -0.15) is 4.31 Å². The molecule has 0 saturated heterocycles. The standard InChI is InChI=1S/C19H22ClNO4S/c1-13(2)21(4)26(23,24)16-9-7-8-15(12-16)19(22)25-14(3)17-10-5-6-11-18(17)20/h5-14H,1-4H3/t14-/m0/s1. The minimum atomic E-state index is -3.68. The van der Waals surface area contributed by atoms with Crippen molar-refractivity contribution in [3.8, 4) is 0 Å². The maximum atomic E-state index is 12.6. The van der Waals surface area contributed by atoms with Crippen LogP contribution in [-0.2, 0) is 14.8 Å². The lowest BCUT2D eigenvalue weighted by Gasteiger charge is -2.21. The molecular formula is C19H22ClNO4S. The molecule has 2 aromatic carbocycles. The highest BCUT2D eigenvalue weighted by Crippen LogP contribution is 2.26. The number of halogens is 1. The van der Waals surface area contributed by atoms with Gasteiger partial charge in [-0.1, -0.05) is 35.9 Å². The monoisotopic (exact) mass is 395 g/mol. The molecule has 0 saturated carbocycles. The highest BCUT2D eigenvalue weighted by Gasteiger charge is 2.24. The number of ether oxygens (including phenoxy) is 1. The first-order chi connectivity index (χ1) is 12.1. The smallest absolute Gasteiger partial charge is 0.338 e. The molecule has 0 bridgehead atoms. The topological polar surface area (TPSA) is 63.7 Å². The van der Waals surface area contributed by atoms with E-state index >= 15 is 0 Å². The zero-order valence-electron chi connectivity index (χ0n) is 15.1. The Morgan fingerprint density at radius 1 is 1.08 bits per heavy atom. The molecule has 0 aliphatic rings. The Morgan fingerprint density at radius 2 is 1.73 bits per heavy atom. The highest BCUT2D eigenvalue weighted by atomic mass is 35.5. The summed E-state index contributed by atoms with van der Waals surface area (Å²) in [7, 11) is -2.17. The molecule has 0 N–H and O–H groups in total. The van der Waals surface area contributed by atoms with Gasteiger partial charge in [-0.3, -0.25) is 0 Å². The second-order valence-electron chi connectivity index (χ2n) is 6.21. The Morgan fingerprint density at radius 3 is 2.35 bits per heavy atom. The van der Waals surface area contributed by atoms with E-state index in [0.29, 0.717) is 10.6 Å². The Labute approximate surface area is 159 Å². The van der Waals surface area contributed by atoms with Gasteiger partial charge in [0.15, 0.2) is 0 Å². The zero-order chi connectivity index (χ0) is 19.5. The third-order valence-electron chi connectivity index (χ3n) is 4.10. The second kappa shape index (κ2) is 8.20. The first kappa shape index (κ1) is 20.4. The predicted molar refractivity (Wildman–Crippen MR) is 102 cm³/mol. The molecule has 0 aliphatic carbocycles. The quantitative estimate of drug-likeness (QED) is 0.684. The lowest BCUT2D eigenvalue weighted by atomic mass is 10.1. The van der Waals surface area contributed by atoms with Gasteiger partial charge in [-0.05, 0) is 45.0 Å². The number of nitrogens with zero attached hydrogens (tertiary/aromatic N) is 1. The predicted octanol–water partition coefficient (Wildman–Crippen LogP) is 4.29. The van der Waals surface area contributed by atoms with Gasteiger partial charge in [0, 0.05) is 23.7 Å². The summed E-state index contributed by atoms with van der Waals surface area (Å²) in [5, 5.41) is 0.502. The number of esters is 1. The van der Waals surface area contributed by atoms with Crippen molar-refractivity contribution in [2.45, 2.75) is 37.8 Å². The highest BCUT2D eigenvalue weighted by molar-refractivity contribution is 7.89. The van der Waals surface area contributed by atoms with Crippen LogP contribution in [0.2, 0.25) is 5.02 Å². The maximum Gasteiger partial charge on any atom is 0.338 e. The minimum Gasteiger partial charge on any atom is -0.454 e. The van der Waals surface area contributed by atoms with Gasteiger partial charge in [0.2, 0.25) is 10.0 Å². The fraction of sp³-hybridized carbons (Fsp3) is 0.316. The van der Waals surface area contributed by atoms with E-state index in [2.05, 4.69) is 0 Å². The average molecular weight is 396 g/mol. The molecule has 140 valence electrons. The van der Waals surface area contributed by atoms with E-state index in [-0.39, 0.29) is 16.5 Å². The summed E-state index contributed by atoms with van der Waals surface area (Å²) in [4.78, 5) is 12.5. The lowest BCUT2D eigenvalue weighted by molar-refractivity contribution is 0.0338. The van der Waals surface area contributed by atoms with Crippen LogP contribution in [0.1, 0.15) is 42.8 Å². The fourth-order valence-electron chi connectivity index (χ4n) is 2.32. The van der Waals surface area contributed by atoms with Gasteiger partial charge in [-0.25, -0.2) is 13.2 Å². The Bertz CT molecular complexity index is 896. The van der Waals surface area contributed by atoms with E-state index in [1.54, 1.807) is 45.0 Å². The van der Waals surface area contributed by atoms with Gasteiger partial charge in [0.25, 0.3) is 0 Å². The Balaban J connectivity index is 2.25. The second-order valence-corrected chi connectivity index (χ2v) is 8.62. The summed E-state index contributed by atoms with van der Waals surface area (Å²) < 4.78 is 31.9. The zero-order valence-corrected chi connectivity index (χ0v) is 16.7. The molecule has 2 rings (SSSR count). The Kier molecular flexibility index (Phi) is 6.44. The fourth-order valence-corrected chi connectivity index (χ4v) is 4.03. The first-order valence-corrected chi connectivity index (χ1v) is 10.00. The number of rotatable bonds is 6. The number of carbonyl (C=O) groups excluding carboxylic acids is 1. The molecule has 0 unspecified atom stereocenters. The summed E-state index contributed by atoms with van der Waals surface area (Å²) in [6.45, 7) is 5.27. The molecule has 0 spiro atoms. The van der Waals surface area contributed by atoms with Crippen LogP contribution >= 0.6 is 11.6 Å². The number of hydrogen-bond donors (Lipinski definition) is 0. The molecular weight excluding hydrogens is 374 g/mol. The molecule has 5 nitrogen and oxygen atoms in total. The first-order valence-electron chi connectivity index (χ1n) is 8.18. The van der Waals surface area contributed by atoms with Gasteiger partial charge in [0.1, 0.15) is 6.10 Å². The summed E-state index contributed by atoms with van der Waals surface area (Å²) in [5.41, 5.74) is 0.855. The van der Waals surface area contributed by atoms with E-state index in [1.165, 1.54) is 35.6 Å². The van der Waals surface area contributed by atoms with E-state index in [9.17, 15) is 13.2 Å². The van der Waals surface area contributed by atoms with Gasteiger partial charge in [-0.15, -0.1) is 0 Å². The minimum absolute atomic E-state index is 0.0496. The van der Waals surface area contributed by atoms with Crippen molar-refractivity contribution in [2.75, 3.05) is 7.05 Å². The van der Waals surface area contributed by atoms with Crippen molar-refractivity contribution in [1.29, 1.82) is 0 Å². The molecule has 7 heteroatoms. The van der Waals surface area contributed by atoms with Crippen molar-refractivity contribution in [3.05, 3.63) is 64.7 Å². The van der Waals surface area contributed by atoms with Crippen LogP contribution in [0.4, 0.5) is 0 Å². The van der Waals surface area contributed by atoms with Crippen molar-refractivity contribution in [2.24, 2.45) is 0 Å². The molecule has 26 heavy (non-hydrogen) atoms. The van der Waals surface area contributed by atoms with Crippen molar-refractivity contribution >= 4 is 27.6 Å². The van der Waals surface area contributed by atoms with E-state index < -0.39 is 22.1 Å². The molecule has 2 aromatic rings. The lowest BCUT2D eigenvalue weighted by Crippen LogP contribution is -2.33. The van der Waals surface area contributed by atoms with E-state index in [4.69, 9.17) is 16.3 Å². The summed E-state index contributed by atoms with van der Waals surface area (Å²) >= 11 is 6.12. The number of hydrogen-bond acceptors (Lipinski definition) is 4. The van der Waals surface area contributed by atoms with Crippen LogP contribution in [0.25, 0.3) is 0 Å². The molecule has 0 aliphatic heterocycles.